The summed E-state index contributed by atoms with van der Waals surface area (Å²) < 4.78 is 15.7. The van der Waals surface area contributed by atoms with Gasteiger partial charge in [-0.1, -0.05) is 18.2 Å². The lowest BCUT2D eigenvalue weighted by Gasteiger charge is -2.18. The molecular weight excluding hydrogens is 255 g/mol. The summed E-state index contributed by atoms with van der Waals surface area (Å²) in [5.41, 5.74) is 0. The second kappa shape index (κ2) is 8.40. The molecular formula is C12H19O5P. The Hall–Kier alpha value is -0.710. The first kappa shape index (κ1) is 15.3. The molecule has 0 amide bonds. The third kappa shape index (κ3) is 6.28. The molecule has 0 aliphatic rings. The molecule has 6 heteroatoms. The average molecular weight is 274 g/mol. The van der Waals surface area contributed by atoms with Gasteiger partial charge in [-0.15, -0.1) is 0 Å². The number of aliphatic hydroxyl groups is 1. The molecule has 18 heavy (non-hydrogen) atoms. The predicted molar refractivity (Wildman–Crippen MR) is 69.3 cm³/mol. The Kier molecular flexibility index (Phi) is 7.16. The van der Waals surface area contributed by atoms with E-state index in [1.807, 2.05) is 18.2 Å². The van der Waals surface area contributed by atoms with Crippen molar-refractivity contribution in [2.75, 3.05) is 13.2 Å². The van der Waals surface area contributed by atoms with E-state index in [9.17, 15) is 4.89 Å². The lowest BCUT2D eigenvalue weighted by Crippen LogP contribution is -2.21. The van der Waals surface area contributed by atoms with E-state index >= 15 is 0 Å². The van der Waals surface area contributed by atoms with Crippen LogP contribution in [0, 0.1) is 0 Å². The van der Waals surface area contributed by atoms with Crippen LogP contribution in [0.3, 0.4) is 0 Å². The summed E-state index contributed by atoms with van der Waals surface area (Å²) >= 11 is 0. The molecule has 5 nitrogen and oxygen atoms in total. The van der Waals surface area contributed by atoms with E-state index < -0.39 is 8.60 Å². The fourth-order valence-electron chi connectivity index (χ4n) is 1.13. The molecule has 102 valence electrons. The molecule has 0 aliphatic heterocycles. The van der Waals surface area contributed by atoms with Gasteiger partial charge in [-0.25, -0.2) is 0 Å². The highest BCUT2D eigenvalue weighted by atomic mass is 31.2. The van der Waals surface area contributed by atoms with Crippen molar-refractivity contribution in [3.8, 4) is 5.75 Å². The summed E-state index contributed by atoms with van der Waals surface area (Å²) in [4.78, 5) is 9.61. The Morgan fingerprint density at radius 2 is 1.83 bits per heavy atom. The minimum absolute atomic E-state index is 0.0406. The molecule has 0 saturated carbocycles. The molecule has 0 bridgehead atoms. The highest BCUT2D eigenvalue weighted by Crippen LogP contribution is 2.36. The fourth-order valence-corrected chi connectivity index (χ4v) is 1.84. The first-order chi connectivity index (χ1) is 8.61. The van der Waals surface area contributed by atoms with Gasteiger partial charge in [-0.3, -0.25) is 4.52 Å². The van der Waals surface area contributed by atoms with Crippen molar-refractivity contribution in [1.82, 2.24) is 0 Å². The van der Waals surface area contributed by atoms with Crippen LogP contribution in [-0.4, -0.2) is 35.4 Å². The number of hydrogen-bond acceptors (Lipinski definition) is 5. The highest BCUT2D eigenvalue weighted by Gasteiger charge is 2.15. The molecule has 0 heterocycles. The van der Waals surface area contributed by atoms with Gasteiger partial charge >= 0.3 is 8.60 Å². The van der Waals surface area contributed by atoms with Crippen LogP contribution in [0.5, 0.6) is 5.75 Å². The molecule has 0 radical (unpaired) electrons. The van der Waals surface area contributed by atoms with Crippen molar-refractivity contribution in [3.05, 3.63) is 30.3 Å². The van der Waals surface area contributed by atoms with Gasteiger partial charge in [0.2, 0.25) is 0 Å². The summed E-state index contributed by atoms with van der Waals surface area (Å²) in [6, 6.07) is 8.97. The molecule has 0 aliphatic carbocycles. The Labute approximate surface area is 108 Å². The van der Waals surface area contributed by atoms with E-state index in [0.717, 1.165) is 0 Å². The van der Waals surface area contributed by atoms with E-state index in [1.165, 1.54) is 0 Å². The Morgan fingerprint density at radius 1 is 1.17 bits per heavy atom. The molecule has 0 spiro atoms. The maximum absolute atomic E-state index is 9.61. The van der Waals surface area contributed by atoms with Gasteiger partial charge in [0.15, 0.2) is 0 Å². The van der Waals surface area contributed by atoms with Gasteiger partial charge in [0.05, 0.1) is 25.4 Å². The molecule has 0 saturated heterocycles. The average Bonchev–Trinajstić information content (AvgIpc) is 2.37. The van der Waals surface area contributed by atoms with Crippen molar-refractivity contribution >= 4 is 8.60 Å². The molecule has 1 rings (SSSR count). The zero-order valence-corrected chi connectivity index (χ0v) is 11.4. The van der Waals surface area contributed by atoms with Crippen molar-refractivity contribution in [2.45, 2.75) is 26.1 Å². The summed E-state index contributed by atoms with van der Waals surface area (Å²) in [6.45, 7) is 3.78. The quantitative estimate of drug-likeness (QED) is 0.710. The lowest BCUT2D eigenvalue weighted by molar-refractivity contribution is -0.0129. The molecule has 0 aromatic heterocycles. The van der Waals surface area contributed by atoms with Crippen LogP contribution >= 0.6 is 8.60 Å². The normalized spacial score (nSPS) is 16.0. The Balaban J connectivity index is 2.25. The summed E-state index contributed by atoms with van der Waals surface area (Å²) in [7, 11) is -1.97. The van der Waals surface area contributed by atoms with Crippen molar-refractivity contribution in [1.29, 1.82) is 0 Å². The lowest BCUT2D eigenvalue weighted by atomic mass is 10.3. The maximum atomic E-state index is 9.61. The maximum Gasteiger partial charge on any atom is 0.394 e. The van der Waals surface area contributed by atoms with Gasteiger partial charge in [0.1, 0.15) is 5.75 Å². The number of hydrogen-bond donors (Lipinski definition) is 2. The van der Waals surface area contributed by atoms with Gasteiger partial charge < -0.3 is 19.3 Å². The Morgan fingerprint density at radius 3 is 2.44 bits per heavy atom. The number of aliphatic hydroxyl groups excluding tert-OH is 1. The number of ether oxygens (including phenoxy) is 1. The zero-order valence-electron chi connectivity index (χ0n) is 10.5. The standard InChI is InChI=1S/C12H19O5P/c1-10(8-13)15-9-11(2)16-18(14)17-12-6-4-3-5-7-12/h3-7,10-11,13-14H,8-9H2,1-2H3. The molecule has 1 aromatic carbocycles. The minimum atomic E-state index is -1.97. The van der Waals surface area contributed by atoms with E-state index in [4.69, 9.17) is 18.9 Å². The van der Waals surface area contributed by atoms with Gasteiger partial charge in [-0.05, 0) is 26.0 Å². The number of benzene rings is 1. The second-order valence-electron chi connectivity index (χ2n) is 3.88. The first-order valence-electron chi connectivity index (χ1n) is 5.73. The summed E-state index contributed by atoms with van der Waals surface area (Å²) in [5.74, 6) is 0.558. The van der Waals surface area contributed by atoms with Crippen LogP contribution in [0.15, 0.2) is 30.3 Å². The molecule has 0 fully saturated rings. The van der Waals surface area contributed by atoms with Crippen molar-refractivity contribution < 1.29 is 23.8 Å². The highest BCUT2D eigenvalue weighted by molar-refractivity contribution is 7.41. The van der Waals surface area contributed by atoms with Crippen LogP contribution in [0.2, 0.25) is 0 Å². The number of rotatable bonds is 8. The van der Waals surface area contributed by atoms with Crippen molar-refractivity contribution in [3.63, 3.8) is 0 Å². The summed E-state index contributed by atoms with van der Waals surface area (Å²) in [6.07, 6.45) is -0.546. The van der Waals surface area contributed by atoms with Crippen LogP contribution in [-0.2, 0) is 9.26 Å². The molecule has 3 atom stereocenters. The van der Waals surface area contributed by atoms with E-state index in [1.54, 1.807) is 26.0 Å². The second-order valence-corrected chi connectivity index (χ2v) is 4.75. The third-order valence-electron chi connectivity index (χ3n) is 2.07. The van der Waals surface area contributed by atoms with Crippen LogP contribution < -0.4 is 4.52 Å². The van der Waals surface area contributed by atoms with E-state index in [-0.39, 0.29) is 18.8 Å². The molecule has 2 N–H and O–H groups in total. The smallest absolute Gasteiger partial charge is 0.394 e. The Bertz CT molecular complexity index is 322. The molecule has 1 aromatic rings. The van der Waals surface area contributed by atoms with Crippen molar-refractivity contribution in [2.24, 2.45) is 0 Å². The number of para-hydroxylation sites is 1. The van der Waals surface area contributed by atoms with E-state index in [0.29, 0.717) is 12.4 Å². The molecule has 3 unspecified atom stereocenters. The van der Waals surface area contributed by atoms with Gasteiger partial charge in [-0.2, -0.15) is 0 Å². The van der Waals surface area contributed by atoms with Crippen LogP contribution in [0.1, 0.15) is 13.8 Å². The topological polar surface area (TPSA) is 68.2 Å². The van der Waals surface area contributed by atoms with E-state index in [2.05, 4.69) is 0 Å². The monoisotopic (exact) mass is 274 g/mol. The predicted octanol–water partition coefficient (Wildman–Crippen LogP) is 2.09. The fraction of sp³-hybridized carbons (Fsp3) is 0.500. The van der Waals surface area contributed by atoms with Gasteiger partial charge in [0, 0.05) is 0 Å². The SMILES string of the molecule is CC(CO)OCC(C)OP(O)Oc1ccccc1. The summed E-state index contributed by atoms with van der Waals surface area (Å²) in [5, 5.41) is 8.79. The zero-order chi connectivity index (χ0) is 13.4. The third-order valence-corrected chi connectivity index (χ3v) is 2.98. The largest absolute Gasteiger partial charge is 0.427 e. The van der Waals surface area contributed by atoms with Gasteiger partial charge in [0.25, 0.3) is 0 Å². The van der Waals surface area contributed by atoms with Crippen LogP contribution in [0.25, 0.3) is 0 Å². The van der Waals surface area contributed by atoms with Crippen LogP contribution in [0.4, 0.5) is 0 Å². The first-order valence-corrected chi connectivity index (χ1v) is 6.86. The minimum Gasteiger partial charge on any atom is -0.427 e.